The SMILES string of the molecule is Cc1ccccc1[C@@H]1C[C@H]1C(=O)N1CCC[C@H](CCC(=O)O)C1. The number of aliphatic carboxylic acids is 1. The molecule has 1 heterocycles. The monoisotopic (exact) mass is 315 g/mol. The molecule has 1 aromatic carbocycles. The van der Waals surface area contributed by atoms with Gasteiger partial charge in [-0.3, -0.25) is 9.59 Å². The highest BCUT2D eigenvalue weighted by Crippen LogP contribution is 2.49. The number of rotatable bonds is 5. The number of nitrogens with zero attached hydrogens (tertiary/aromatic N) is 1. The van der Waals surface area contributed by atoms with Crippen molar-refractivity contribution in [3.05, 3.63) is 35.4 Å². The molecule has 1 saturated carbocycles. The zero-order chi connectivity index (χ0) is 16.4. The fourth-order valence-electron chi connectivity index (χ4n) is 3.88. The van der Waals surface area contributed by atoms with Crippen LogP contribution in [0.25, 0.3) is 0 Å². The summed E-state index contributed by atoms with van der Waals surface area (Å²) >= 11 is 0. The largest absolute Gasteiger partial charge is 0.481 e. The number of amides is 1. The number of carboxylic acids is 1. The van der Waals surface area contributed by atoms with E-state index in [0.29, 0.717) is 18.3 Å². The molecule has 0 aromatic heterocycles. The van der Waals surface area contributed by atoms with Crippen molar-refractivity contribution in [2.24, 2.45) is 11.8 Å². The molecule has 3 rings (SSSR count). The molecular weight excluding hydrogens is 290 g/mol. The number of piperidine rings is 1. The van der Waals surface area contributed by atoms with Gasteiger partial charge in [-0.15, -0.1) is 0 Å². The van der Waals surface area contributed by atoms with Crippen molar-refractivity contribution >= 4 is 11.9 Å². The van der Waals surface area contributed by atoms with E-state index in [-0.39, 0.29) is 18.2 Å². The van der Waals surface area contributed by atoms with Gasteiger partial charge in [0.25, 0.3) is 0 Å². The Morgan fingerprint density at radius 1 is 1.30 bits per heavy atom. The van der Waals surface area contributed by atoms with E-state index >= 15 is 0 Å². The van der Waals surface area contributed by atoms with Crippen LogP contribution in [0.4, 0.5) is 0 Å². The van der Waals surface area contributed by atoms with E-state index in [4.69, 9.17) is 5.11 Å². The van der Waals surface area contributed by atoms with Crippen molar-refractivity contribution in [3.8, 4) is 0 Å². The second kappa shape index (κ2) is 6.73. The maximum Gasteiger partial charge on any atom is 0.303 e. The summed E-state index contributed by atoms with van der Waals surface area (Å²) in [5, 5.41) is 8.82. The van der Waals surface area contributed by atoms with Gasteiger partial charge in [0.2, 0.25) is 5.91 Å². The molecule has 1 aliphatic heterocycles. The molecular formula is C19H25NO3. The molecule has 0 unspecified atom stereocenters. The molecule has 1 amide bonds. The van der Waals surface area contributed by atoms with Crippen molar-refractivity contribution in [1.82, 2.24) is 4.90 Å². The summed E-state index contributed by atoms with van der Waals surface area (Å²) in [6.45, 7) is 3.68. The first kappa shape index (κ1) is 16.0. The molecule has 1 aromatic rings. The minimum atomic E-state index is -0.741. The molecule has 0 radical (unpaired) electrons. The van der Waals surface area contributed by atoms with Crippen molar-refractivity contribution in [1.29, 1.82) is 0 Å². The Balaban J connectivity index is 1.57. The van der Waals surface area contributed by atoms with Gasteiger partial charge in [-0.1, -0.05) is 24.3 Å². The average Bonchev–Trinajstić information content (AvgIpc) is 3.33. The van der Waals surface area contributed by atoms with Gasteiger partial charge in [-0.05, 0) is 55.6 Å². The minimum absolute atomic E-state index is 0.134. The highest BCUT2D eigenvalue weighted by molar-refractivity contribution is 5.83. The van der Waals surface area contributed by atoms with Crippen LogP contribution in [-0.2, 0) is 9.59 Å². The van der Waals surface area contributed by atoms with E-state index in [1.54, 1.807) is 0 Å². The van der Waals surface area contributed by atoms with E-state index < -0.39 is 5.97 Å². The molecule has 2 fully saturated rings. The third-order valence-electron chi connectivity index (χ3n) is 5.29. The van der Waals surface area contributed by atoms with Crippen molar-refractivity contribution < 1.29 is 14.7 Å². The van der Waals surface area contributed by atoms with Crippen molar-refractivity contribution in [3.63, 3.8) is 0 Å². The summed E-state index contributed by atoms with van der Waals surface area (Å²) in [5.74, 6) is 0.394. The fraction of sp³-hybridized carbons (Fsp3) is 0.579. The molecule has 4 heteroatoms. The van der Waals surface area contributed by atoms with Crippen LogP contribution >= 0.6 is 0 Å². The first-order chi connectivity index (χ1) is 11.1. The first-order valence-electron chi connectivity index (χ1n) is 8.62. The third kappa shape index (κ3) is 3.74. The summed E-state index contributed by atoms with van der Waals surface area (Å²) in [4.78, 5) is 25.5. The Labute approximate surface area is 137 Å². The standard InChI is InChI=1S/C19H25NO3/c1-13-5-2-3-7-15(13)16-11-17(16)19(23)20-10-4-6-14(12-20)8-9-18(21)22/h2-3,5,7,14,16-17H,4,6,8-12H2,1H3,(H,21,22)/t14-,16+,17-/m1/s1. The molecule has 2 aliphatic rings. The summed E-state index contributed by atoms with van der Waals surface area (Å²) in [6, 6.07) is 8.33. The molecule has 0 bridgehead atoms. The van der Waals surface area contributed by atoms with Gasteiger partial charge < -0.3 is 10.0 Å². The van der Waals surface area contributed by atoms with E-state index in [1.165, 1.54) is 11.1 Å². The van der Waals surface area contributed by atoms with Gasteiger partial charge in [0.05, 0.1) is 0 Å². The minimum Gasteiger partial charge on any atom is -0.481 e. The lowest BCUT2D eigenvalue weighted by Crippen LogP contribution is -2.41. The highest BCUT2D eigenvalue weighted by atomic mass is 16.4. The number of carbonyl (C=O) groups excluding carboxylic acids is 1. The zero-order valence-electron chi connectivity index (χ0n) is 13.7. The second-order valence-electron chi connectivity index (χ2n) is 7.03. The van der Waals surface area contributed by atoms with Gasteiger partial charge in [0.1, 0.15) is 0 Å². The fourth-order valence-corrected chi connectivity index (χ4v) is 3.88. The van der Waals surface area contributed by atoms with E-state index in [2.05, 4.69) is 19.1 Å². The predicted molar refractivity (Wildman–Crippen MR) is 88.2 cm³/mol. The topological polar surface area (TPSA) is 57.6 Å². The lowest BCUT2D eigenvalue weighted by atomic mass is 9.93. The average molecular weight is 315 g/mol. The quantitative estimate of drug-likeness (QED) is 0.908. The Bertz CT molecular complexity index is 598. The Hall–Kier alpha value is -1.84. The smallest absolute Gasteiger partial charge is 0.303 e. The van der Waals surface area contributed by atoms with Crippen LogP contribution in [0.5, 0.6) is 0 Å². The number of hydrogen-bond donors (Lipinski definition) is 1. The van der Waals surface area contributed by atoms with Crippen LogP contribution in [0.1, 0.15) is 49.1 Å². The molecule has 1 aliphatic carbocycles. The first-order valence-corrected chi connectivity index (χ1v) is 8.62. The van der Waals surface area contributed by atoms with Gasteiger partial charge in [0.15, 0.2) is 0 Å². The number of likely N-dealkylation sites (tertiary alicyclic amines) is 1. The summed E-state index contributed by atoms with van der Waals surface area (Å²) < 4.78 is 0. The number of aryl methyl sites for hydroxylation is 1. The van der Waals surface area contributed by atoms with Gasteiger partial charge >= 0.3 is 5.97 Å². The van der Waals surface area contributed by atoms with Gasteiger partial charge in [0, 0.05) is 25.4 Å². The number of carboxylic acid groups (broad SMARTS) is 1. The van der Waals surface area contributed by atoms with Crippen LogP contribution in [0, 0.1) is 18.8 Å². The van der Waals surface area contributed by atoms with E-state index in [1.807, 2.05) is 17.0 Å². The summed E-state index contributed by atoms with van der Waals surface area (Å²) in [7, 11) is 0. The molecule has 3 atom stereocenters. The van der Waals surface area contributed by atoms with Crippen molar-refractivity contribution in [2.45, 2.75) is 44.9 Å². The Morgan fingerprint density at radius 2 is 2.09 bits per heavy atom. The van der Waals surface area contributed by atoms with Crippen LogP contribution in [0.3, 0.4) is 0 Å². The van der Waals surface area contributed by atoms with E-state index in [9.17, 15) is 9.59 Å². The van der Waals surface area contributed by atoms with Crippen LogP contribution in [-0.4, -0.2) is 35.0 Å². The molecule has 23 heavy (non-hydrogen) atoms. The van der Waals surface area contributed by atoms with E-state index in [0.717, 1.165) is 32.4 Å². The maximum absolute atomic E-state index is 12.7. The molecule has 1 N–H and O–H groups in total. The summed E-state index contributed by atoms with van der Waals surface area (Å²) in [5.41, 5.74) is 2.58. The highest BCUT2D eigenvalue weighted by Gasteiger charge is 2.46. The predicted octanol–water partition coefficient (Wildman–Crippen LogP) is 3.20. The van der Waals surface area contributed by atoms with Crippen LogP contribution < -0.4 is 0 Å². The lowest BCUT2D eigenvalue weighted by Gasteiger charge is -2.33. The zero-order valence-corrected chi connectivity index (χ0v) is 13.7. The molecule has 4 nitrogen and oxygen atoms in total. The van der Waals surface area contributed by atoms with Crippen molar-refractivity contribution in [2.75, 3.05) is 13.1 Å². The molecule has 0 spiro atoms. The van der Waals surface area contributed by atoms with Crippen LogP contribution in [0.15, 0.2) is 24.3 Å². The third-order valence-corrected chi connectivity index (χ3v) is 5.29. The second-order valence-corrected chi connectivity index (χ2v) is 7.03. The molecule has 124 valence electrons. The van der Waals surface area contributed by atoms with Gasteiger partial charge in [-0.25, -0.2) is 0 Å². The van der Waals surface area contributed by atoms with Crippen LogP contribution in [0.2, 0.25) is 0 Å². The number of benzene rings is 1. The number of carbonyl (C=O) groups is 2. The summed E-state index contributed by atoms with van der Waals surface area (Å²) in [6.07, 6.45) is 3.90. The lowest BCUT2D eigenvalue weighted by molar-refractivity contribution is -0.137. The maximum atomic E-state index is 12.7. The Kier molecular flexibility index (Phi) is 4.69. The molecule has 1 saturated heterocycles. The number of hydrogen-bond acceptors (Lipinski definition) is 2. The Morgan fingerprint density at radius 3 is 2.83 bits per heavy atom. The van der Waals surface area contributed by atoms with Gasteiger partial charge in [-0.2, -0.15) is 0 Å². The normalized spacial score (nSPS) is 26.8.